The van der Waals surface area contributed by atoms with Gasteiger partial charge >= 0.3 is 0 Å². The smallest absolute Gasteiger partial charge is 0.198 e. The predicted molar refractivity (Wildman–Crippen MR) is 130 cm³/mol. The summed E-state index contributed by atoms with van der Waals surface area (Å²) < 4.78 is 0. The molecule has 0 spiro atoms. The number of H-pyrrole nitrogens is 1. The lowest BCUT2D eigenvalue weighted by Crippen LogP contribution is -2.08. The van der Waals surface area contributed by atoms with Gasteiger partial charge in [-0.3, -0.25) is 9.78 Å². The molecular formula is C27H17N5O. The number of fused-ring (bicyclic) bond motifs is 2. The summed E-state index contributed by atoms with van der Waals surface area (Å²) in [6, 6.07) is 22.0. The second-order valence-corrected chi connectivity index (χ2v) is 7.72. The largest absolute Gasteiger partial charge is 0.345 e. The minimum Gasteiger partial charge on any atom is -0.345 e. The van der Waals surface area contributed by atoms with Gasteiger partial charge in [-0.2, -0.15) is 0 Å². The van der Waals surface area contributed by atoms with Crippen LogP contribution in [-0.2, 0) is 0 Å². The molecule has 0 aliphatic rings. The standard InChI is InChI=1S/C27H17N5O/c33-26-22-12-21(18-8-9-24-19(11-18)7-4-10-30-24)25(17-5-2-1-3-6-17)32-27(22)31-15-23(26)20-13-28-16-29-14-20/h1-16H,(H,31,32,33). The van der Waals surface area contributed by atoms with Crippen molar-refractivity contribution in [2.24, 2.45) is 0 Å². The summed E-state index contributed by atoms with van der Waals surface area (Å²) in [5.74, 6) is 0. The van der Waals surface area contributed by atoms with Crippen LogP contribution >= 0.6 is 0 Å². The highest BCUT2D eigenvalue weighted by atomic mass is 16.1. The molecule has 4 aromatic heterocycles. The molecule has 6 nitrogen and oxygen atoms in total. The van der Waals surface area contributed by atoms with Crippen LogP contribution in [0.2, 0.25) is 0 Å². The summed E-state index contributed by atoms with van der Waals surface area (Å²) in [5, 5.41) is 1.54. The molecule has 0 aliphatic carbocycles. The third-order valence-electron chi connectivity index (χ3n) is 5.70. The van der Waals surface area contributed by atoms with Gasteiger partial charge in [0.05, 0.1) is 16.6 Å². The predicted octanol–water partition coefficient (Wildman–Crippen LogP) is 5.26. The van der Waals surface area contributed by atoms with Gasteiger partial charge in [-0.05, 0) is 29.8 Å². The van der Waals surface area contributed by atoms with Gasteiger partial charge in [0.1, 0.15) is 12.0 Å². The Morgan fingerprint density at radius 1 is 0.758 bits per heavy atom. The number of aromatic amines is 1. The Labute approximate surface area is 188 Å². The number of hydrogen-bond donors (Lipinski definition) is 1. The molecule has 33 heavy (non-hydrogen) atoms. The van der Waals surface area contributed by atoms with Crippen LogP contribution in [0.5, 0.6) is 0 Å². The number of hydrogen-bond acceptors (Lipinski definition) is 5. The van der Waals surface area contributed by atoms with Crippen LogP contribution in [0.3, 0.4) is 0 Å². The van der Waals surface area contributed by atoms with E-state index >= 15 is 0 Å². The molecule has 0 saturated heterocycles. The lowest BCUT2D eigenvalue weighted by molar-refractivity contribution is 1.17. The minimum atomic E-state index is -0.116. The van der Waals surface area contributed by atoms with Crippen molar-refractivity contribution >= 4 is 21.9 Å². The number of benzene rings is 2. The van der Waals surface area contributed by atoms with E-state index in [2.05, 4.69) is 26.0 Å². The third kappa shape index (κ3) is 3.34. The van der Waals surface area contributed by atoms with Gasteiger partial charge in [0, 0.05) is 52.4 Å². The highest BCUT2D eigenvalue weighted by Crippen LogP contribution is 2.34. The van der Waals surface area contributed by atoms with Gasteiger partial charge in [-0.1, -0.05) is 42.5 Å². The normalized spacial score (nSPS) is 11.2. The van der Waals surface area contributed by atoms with E-state index in [1.54, 1.807) is 24.8 Å². The fourth-order valence-electron chi connectivity index (χ4n) is 4.08. The Balaban J connectivity index is 1.65. The van der Waals surface area contributed by atoms with Crippen LogP contribution in [0.1, 0.15) is 0 Å². The fraction of sp³-hybridized carbons (Fsp3) is 0. The summed E-state index contributed by atoms with van der Waals surface area (Å²) >= 11 is 0. The average Bonchev–Trinajstić information content (AvgIpc) is 2.89. The summed E-state index contributed by atoms with van der Waals surface area (Å²) in [7, 11) is 0. The minimum absolute atomic E-state index is 0.116. The topological polar surface area (TPSA) is 84.4 Å². The molecule has 6 heteroatoms. The first-order chi connectivity index (χ1) is 16.3. The number of pyridine rings is 3. The Morgan fingerprint density at radius 3 is 2.45 bits per heavy atom. The summed E-state index contributed by atoms with van der Waals surface area (Å²) in [6.07, 6.45) is 8.16. The molecule has 0 amide bonds. The van der Waals surface area contributed by atoms with Crippen molar-refractivity contribution in [1.29, 1.82) is 0 Å². The van der Waals surface area contributed by atoms with E-state index in [9.17, 15) is 4.79 Å². The Morgan fingerprint density at radius 2 is 1.61 bits per heavy atom. The van der Waals surface area contributed by atoms with Crippen LogP contribution < -0.4 is 5.43 Å². The zero-order chi connectivity index (χ0) is 22.2. The molecule has 0 radical (unpaired) electrons. The maximum absolute atomic E-state index is 13.4. The number of aromatic nitrogens is 5. The van der Waals surface area contributed by atoms with Gasteiger partial charge < -0.3 is 4.98 Å². The van der Waals surface area contributed by atoms with Crippen molar-refractivity contribution in [3.05, 3.63) is 108 Å². The molecule has 0 bridgehead atoms. The number of rotatable bonds is 3. The van der Waals surface area contributed by atoms with E-state index in [4.69, 9.17) is 4.98 Å². The highest BCUT2D eigenvalue weighted by Gasteiger charge is 2.16. The molecule has 4 heterocycles. The van der Waals surface area contributed by atoms with Gasteiger partial charge in [-0.25, -0.2) is 15.0 Å². The fourth-order valence-corrected chi connectivity index (χ4v) is 4.08. The zero-order valence-electron chi connectivity index (χ0n) is 17.4. The van der Waals surface area contributed by atoms with Crippen LogP contribution in [0.4, 0.5) is 0 Å². The van der Waals surface area contributed by atoms with Crippen molar-refractivity contribution in [3.8, 4) is 33.5 Å². The van der Waals surface area contributed by atoms with E-state index in [-0.39, 0.29) is 5.43 Å². The molecule has 2 aromatic carbocycles. The monoisotopic (exact) mass is 427 g/mol. The SMILES string of the molecule is O=c1c(-c2cncnc2)c[nH]c2nc(-c3ccccc3)c(-c3ccc4ncccc4c3)cc12. The zero-order valence-corrected chi connectivity index (χ0v) is 17.4. The molecule has 6 aromatic rings. The van der Waals surface area contributed by atoms with Crippen LogP contribution in [-0.4, -0.2) is 24.9 Å². The van der Waals surface area contributed by atoms with Crippen LogP contribution in [0.15, 0.2) is 103 Å². The lowest BCUT2D eigenvalue weighted by atomic mass is 9.96. The number of nitrogens with zero attached hydrogens (tertiary/aromatic N) is 4. The van der Waals surface area contributed by atoms with Crippen molar-refractivity contribution in [3.63, 3.8) is 0 Å². The van der Waals surface area contributed by atoms with E-state index in [0.717, 1.165) is 33.3 Å². The highest BCUT2D eigenvalue weighted by molar-refractivity contribution is 5.94. The van der Waals surface area contributed by atoms with Crippen LogP contribution in [0.25, 0.3) is 55.4 Å². The molecule has 0 aliphatic heterocycles. The Hall–Kier alpha value is -4.71. The second-order valence-electron chi connectivity index (χ2n) is 7.72. The first kappa shape index (κ1) is 19.0. The van der Waals surface area contributed by atoms with Gasteiger partial charge in [0.25, 0.3) is 0 Å². The third-order valence-corrected chi connectivity index (χ3v) is 5.70. The molecule has 0 fully saturated rings. The lowest BCUT2D eigenvalue weighted by Gasteiger charge is -2.12. The molecule has 0 saturated carbocycles. The number of nitrogens with one attached hydrogen (secondary N) is 1. The van der Waals surface area contributed by atoms with Crippen molar-refractivity contribution in [1.82, 2.24) is 24.9 Å². The summed E-state index contributed by atoms with van der Waals surface area (Å²) in [4.78, 5) is 34.1. The summed E-state index contributed by atoms with van der Waals surface area (Å²) in [6.45, 7) is 0. The molecule has 0 atom stereocenters. The van der Waals surface area contributed by atoms with Gasteiger partial charge in [0.15, 0.2) is 5.43 Å². The van der Waals surface area contributed by atoms with Crippen molar-refractivity contribution < 1.29 is 0 Å². The Kier molecular flexibility index (Phi) is 4.47. The quantitative estimate of drug-likeness (QED) is 0.416. The van der Waals surface area contributed by atoms with Gasteiger partial charge in [-0.15, -0.1) is 0 Å². The summed E-state index contributed by atoms with van der Waals surface area (Å²) in [5.41, 5.74) is 6.13. The van der Waals surface area contributed by atoms with E-state index in [1.807, 2.05) is 60.7 Å². The maximum Gasteiger partial charge on any atom is 0.198 e. The molecule has 6 rings (SSSR count). The van der Waals surface area contributed by atoms with E-state index < -0.39 is 0 Å². The molecule has 156 valence electrons. The first-order valence-corrected chi connectivity index (χ1v) is 10.5. The van der Waals surface area contributed by atoms with Crippen molar-refractivity contribution in [2.75, 3.05) is 0 Å². The maximum atomic E-state index is 13.4. The second kappa shape index (κ2) is 7.76. The van der Waals surface area contributed by atoms with Crippen molar-refractivity contribution in [2.45, 2.75) is 0 Å². The Bertz CT molecular complexity index is 1680. The molecule has 0 unspecified atom stereocenters. The van der Waals surface area contributed by atoms with Crippen LogP contribution in [0, 0.1) is 0 Å². The van der Waals surface area contributed by atoms with Gasteiger partial charge in [0.2, 0.25) is 0 Å². The van der Waals surface area contributed by atoms with E-state index in [0.29, 0.717) is 22.2 Å². The molecule has 1 N–H and O–H groups in total. The van der Waals surface area contributed by atoms with E-state index in [1.165, 1.54) is 6.33 Å². The molecular weight excluding hydrogens is 410 g/mol. The average molecular weight is 427 g/mol. The first-order valence-electron chi connectivity index (χ1n) is 10.5.